The second-order valence-electron chi connectivity index (χ2n) is 3.80. The molecule has 0 bridgehead atoms. The molecular weight excluding hydrogens is 232 g/mol. The molecule has 0 atom stereocenters. The van der Waals surface area contributed by atoms with Gasteiger partial charge in [0.2, 0.25) is 0 Å². The number of hydrogen-bond donors (Lipinski definition) is 2. The number of nitrogens with zero attached hydrogens (tertiary/aromatic N) is 1. The third-order valence-corrected chi connectivity index (χ3v) is 2.65. The van der Waals surface area contributed by atoms with E-state index in [1.165, 1.54) is 0 Å². The Kier molecular flexibility index (Phi) is 6.18. The number of benzene rings is 1. The van der Waals surface area contributed by atoms with Gasteiger partial charge in [-0.25, -0.2) is 0 Å². The highest BCUT2D eigenvalue weighted by Crippen LogP contribution is 2.16. The zero-order valence-corrected chi connectivity index (χ0v) is 10.6. The van der Waals surface area contributed by atoms with Crippen molar-refractivity contribution in [1.29, 1.82) is 0 Å². The molecule has 0 fully saturated rings. The molecule has 0 aliphatic heterocycles. The van der Waals surface area contributed by atoms with Crippen LogP contribution in [0.2, 0.25) is 0 Å². The van der Waals surface area contributed by atoms with E-state index in [0.29, 0.717) is 25.4 Å². The lowest BCUT2D eigenvalue weighted by Gasteiger charge is -2.20. The van der Waals surface area contributed by atoms with Gasteiger partial charge in [0.15, 0.2) is 6.61 Å². The number of carbonyl (C=O) groups excluding carboxylic acids is 1. The van der Waals surface area contributed by atoms with Gasteiger partial charge in [0.05, 0.1) is 6.61 Å². The fourth-order valence-electron chi connectivity index (χ4n) is 1.62. The maximum atomic E-state index is 11.8. The predicted molar refractivity (Wildman–Crippen MR) is 69.2 cm³/mol. The van der Waals surface area contributed by atoms with Crippen LogP contribution in [0, 0.1) is 0 Å². The highest BCUT2D eigenvalue weighted by molar-refractivity contribution is 5.77. The van der Waals surface area contributed by atoms with Gasteiger partial charge in [-0.2, -0.15) is 0 Å². The lowest BCUT2D eigenvalue weighted by atomic mass is 10.2. The molecule has 0 aromatic heterocycles. The Hall–Kier alpha value is -1.59. The molecule has 5 nitrogen and oxygen atoms in total. The second kappa shape index (κ2) is 7.68. The summed E-state index contributed by atoms with van der Waals surface area (Å²) in [7, 11) is 0. The lowest BCUT2D eigenvalue weighted by Crippen LogP contribution is -2.36. The van der Waals surface area contributed by atoms with Crippen LogP contribution in [-0.4, -0.2) is 42.2 Å². The predicted octanol–water partition coefficient (Wildman–Crippen LogP) is 0.365. The number of para-hydroxylation sites is 1. The number of hydrogen-bond acceptors (Lipinski definition) is 4. The molecule has 100 valence electrons. The Morgan fingerprint density at radius 3 is 2.78 bits per heavy atom. The molecule has 1 aromatic carbocycles. The Morgan fingerprint density at radius 1 is 1.44 bits per heavy atom. The molecule has 18 heavy (non-hydrogen) atoms. The van der Waals surface area contributed by atoms with E-state index < -0.39 is 0 Å². The van der Waals surface area contributed by atoms with Crippen molar-refractivity contribution in [2.75, 3.05) is 26.3 Å². The zero-order valence-electron chi connectivity index (χ0n) is 10.6. The molecule has 0 heterocycles. The molecule has 0 aliphatic carbocycles. The van der Waals surface area contributed by atoms with E-state index in [4.69, 9.17) is 15.6 Å². The molecule has 0 spiro atoms. The third kappa shape index (κ3) is 4.01. The highest BCUT2D eigenvalue weighted by Gasteiger charge is 2.12. The number of amides is 1. The van der Waals surface area contributed by atoms with E-state index >= 15 is 0 Å². The smallest absolute Gasteiger partial charge is 0.260 e. The minimum Gasteiger partial charge on any atom is -0.483 e. The molecule has 0 saturated carbocycles. The monoisotopic (exact) mass is 252 g/mol. The van der Waals surface area contributed by atoms with E-state index in [1.807, 2.05) is 25.1 Å². The summed E-state index contributed by atoms with van der Waals surface area (Å²) >= 11 is 0. The number of likely N-dealkylation sites (N-methyl/N-ethyl adjacent to an activating group) is 1. The lowest BCUT2D eigenvalue weighted by molar-refractivity contribution is -0.133. The average molecular weight is 252 g/mol. The summed E-state index contributed by atoms with van der Waals surface area (Å²) < 4.78 is 5.47. The number of aliphatic hydroxyl groups excluding tert-OH is 1. The van der Waals surface area contributed by atoms with E-state index in [2.05, 4.69) is 0 Å². The third-order valence-electron chi connectivity index (χ3n) is 2.65. The van der Waals surface area contributed by atoms with Gasteiger partial charge in [-0.3, -0.25) is 4.79 Å². The normalized spacial score (nSPS) is 10.2. The van der Waals surface area contributed by atoms with Crippen LogP contribution >= 0.6 is 0 Å². The van der Waals surface area contributed by atoms with Crippen molar-refractivity contribution in [1.82, 2.24) is 4.90 Å². The maximum Gasteiger partial charge on any atom is 0.260 e. The summed E-state index contributed by atoms with van der Waals surface area (Å²) in [4.78, 5) is 13.3. The van der Waals surface area contributed by atoms with Gasteiger partial charge in [0, 0.05) is 25.2 Å². The molecule has 1 amide bonds. The summed E-state index contributed by atoms with van der Waals surface area (Å²) in [6, 6.07) is 7.37. The Balaban J connectivity index is 2.56. The molecule has 5 heteroatoms. The van der Waals surface area contributed by atoms with Gasteiger partial charge in [-0.15, -0.1) is 0 Å². The fraction of sp³-hybridized carbons (Fsp3) is 0.462. The van der Waals surface area contributed by atoms with Gasteiger partial charge < -0.3 is 20.5 Å². The number of carbonyl (C=O) groups is 1. The van der Waals surface area contributed by atoms with Crippen molar-refractivity contribution in [3.8, 4) is 5.75 Å². The summed E-state index contributed by atoms with van der Waals surface area (Å²) in [6.45, 7) is 3.04. The van der Waals surface area contributed by atoms with Gasteiger partial charge in [0.25, 0.3) is 5.91 Å². The van der Waals surface area contributed by atoms with Gasteiger partial charge in [-0.1, -0.05) is 18.2 Å². The topological polar surface area (TPSA) is 75.8 Å². The SMILES string of the molecule is CCN(CCO)C(=O)COc1ccccc1CN. The van der Waals surface area contributed by atoms with Crippen molar-refractivity contribution in [3.05, 3.63) is 29.8 Å². The summed E-state index contributed by atoms with van der Waals surface area (Å²) in [5.41, 5.74) is 6.45. The van der Waals surface area contributed by atoms with Crippen LogP contribution in [0.4, 0.5) is 0 Å². The van der Waals surface area contributed by atoms with Crippen molar-refractivity contribution in [2.24, 2.45) is 5.73 Å². The van der Waals surface area contributed by atoms with E-state index in [1.54, 1.807) is 11.0 Å². The molecular formula is C13H20N2O3. The van der Waals surface area contributed by atoms with Gasteiger partial charge in [-0.05, 0) is 13.0 Å². The van der Waals surface area contributed by atoms with Crippen LogP contribution in [0.15, 0.2) is 24.3 Å². The van der Waals surface area contributed by atoms with Crippen LogP contribution in [-0.2, 0) is 11.3 Å². The second-order valence-corrected chi connectivity index (χ2v) is 3.80. The number of nitrogens with two attached hydrogens (primary N) is 1. The molecule has 1 aromatic rings. The zero-order chi connectivity index (χ0) is 13.4. The van der Waals surface area contributed by atoms with Crippen LogP contribution in [0.3, 0.4) is 0 Å². The number of aliphatic hydroxyl groups is 1. The molecule has 0 unspecified atom stereocenters. The van der Waals surface area contributed by atoms with Crippen LogP contribution in [0.1, 0.15) is 12.5 Å². The first-order valence-corrected chi connectivity index (χ1v) is 6.02. The highest BCUT2D eigenvalue weighted by atomic mass is 16.5. The summed E-state index contributed by atoms with van der Waals surface area (Å²) in [5.74, 6) is 0.492. The van der Waals surface area contributed by atoms with E-state index in [-0.39, 0.29) is 19.1 Å². The quantitative estimate of drug-likeness (QED) is 0.735. The molecule has 0 radical (unpaired) electrons. The van der Waals surface area contributed by atoms with Gasteiger partial charge in [0.1, 0.15) is 5.75 Å². The Labute approximate surface area is 107 Å². The standard InChI is InChI=1S/C13H20N2O3/c1-2-15(7-8-16)13(17)10-18-12-6-4-3-5-11(12)9-14/h3-6,16H,2,7-10,14H2,1H3. The van der Waals surface area contributed by atoms with E-state index in [0.717, 1.165) is 5.56 Å². The van der Waals surface area contributed by atoms with E-state index in [9.17, 15) is 4.79 Å². The minimum atomic E-state index is -0.140. The largest absolute Gasteiger partial charge is 0.483 e. The Bertz CT molecular complexity index is 382. The van der Waals surface area contributed by atoms with Crippen LogP contribution in [0.25, 0.3) is 0 Å². The van der Waals surface area contributed by atoms with Crippen LogP contribution in [0.5, 0.6) is 5.75 Å². The molecule has 3 N–H and O–H groups in total. The minimum absolute atomic E-state index is 0.0369. The van der Waals surface area contributed by atoms with Crippen molar-refractivity contribution in [2.45, 2.75) is 13.5 Å². The van der Waals surface area contributed by atoms with Crippen molar-refractivity contribution < 1.29 is 14.6 Å². The maximum absolute atomic E-state index is 11.8. The van der Waals surface area contributed by atoms with Crippen molar-refractivity contribution in [3.63, 3.8) is 0 Å². The first-order chi connectivity index (χ1) is 8.72. The number of rotatable bonds is 7. The summed E-state index contributed by atoms with van der Waals surface area (Å²) in [6.07, 6.45) is 0. The first-order valence-electron chi connectivity index (χ1n) is 6.02. The Morgan fingerprint density at radius 2 is 2.17 bits per heavy atom. The fourth-order valence-corrected chi connectivity index (χ4v) is 1.62. The summed E-state index contributed by atoms with van der Waals surface area (Å²) in [5, 5.41) is 8.83. The molecule has 0 aliphatic rings. The van der Waals surface area contributed by atoms with Gasteiger partial charge >= 0.3 is 0 Å². The molecule has 0 saturated heterocycles. The average Bonchev–Trinajstić information content (AvgIpc) is 2.42. The molecule has 1 rings (SSSR count). The van der Waals surface area contributed by atoms with Crippen molar-refractivity contribution >= 4 is 5.91 Å². The first kappa shape index (κ1) is 14.5. The number of ether oxygens (including phenoxy) is 1. The van der Waals surface area contributed by atoms with Crippen LogP contribution < -0.4 is 10.5 Å².